The summed E-state index contributed by atoms with van der Waals surface area (Å²) >= 11 is 0. The summed E-state index contributed by atoms with van der Waals surface area (Å²) in [6.07, 6.45) is 0.210. The minimum atomic E-state index is -6.33. The van der Waals surface area contributed by atoms with Crippen molar-refractivity contribution < 1.29 is 44.9 Å². The van der Waals surface area contributed by atoms with Crippen molar-refractivity contribution in [3.8, 4) is 0 Å². The van der Waals surface area contributed by atoms with Crippen LogP contribution in [0.5, 0.6) is 0 Å². The van der Waals surface area contributed by atoms with Crippen molar-refractivity contribution in [3.05, 3.63) is 0 Å². The molecule has 152 valence electrons. The molecule has 1 rings (SSSR count). The monoisotopic (exact) mass is 407 g/mol. The zero-order chi connectivity index (χ0) is 20.2. The maximum atomic E-state index is 13.4. The van der Waals surface area contributed by atoms with Crippen molar-refractivity contribution in [2.24, 2.45) is 11.8 Å². The number of hydrogen-bond donors (Lipinski definition) is 2. The van der Waals surface area contributed by atoms with Crippen LogP contribution in [0.3, 0.4) is 0 Å². The van der Waals surface area contributed by atoms with E-state index in [1.807, 2.05) is 0 Å². The van der Waals surface area contributed by atoms with Crippen molar-refractivity contribution in [3.63, 3.8) is 0 Å². The van der Waals surface area contributed by atoms with Gasteiger partial charge in [-0.25, -0.2) is 0 Å². The summed E-state index contributed by atoms with van der Waals surface area (Å²) in [5.74, 6) is -8.07. The quantitative estimate of drug-likeness (QED) is 0.362. The van der Waals surface area contributed by atoms with Crippen LogP contribution in [-0.4, -0.2) is 49.2 Å². The molecule has 1 fully saturated rings. The van der Waals surface area contributed by atoms with Crippen LogP contribution in [0, 0.1) is 11.8 Å². The highest BCUT2D eigenvalue weighted by Gasteiger charge is 2.65. The number of nitrogens with one attached hydrogen (secondary N) is 1. The van der Waals surface area contributed by atoms with E-state index in [1.54, 1.807) is 6.92 Å². The maximum absolute atomic E-state index is 13.4. The van der Waals surface area contributed by atoms with Crippen molar-refractivity contribution in [2.75, 3.05) is 13.2 Å². The zero-order valence-electron chi connectivity index (χ0n) is 14.0. The topological polar surface area (TPSA) is 110 Å². The van der Waals surface area contributed by atoms with Crippen LogP contribution in [0.15, 0.2) is 0 Å². The van der Waals surface area contributed by atoms with E-state index in [0.717, 1.165) is 0 Å². The first-order chi connectivity index (χ1) is 11.8. The van der Waals surface area contributed by atoms with Crippen molar-refractivity contribution in [1.29, 1.82) is 0 Å². The summed E-state index contributed by atoms with van der Waals surface area (Å²) in [4.78, 5) is 24.0. The highest BCUT2D eigenvalue weighted by Crippen LogP contribution is 2.40. The van der Waals surface area contributed by atoms with Gasteiger partial charge in [-0.3, -0.25) is 14.1 Å². The van der Waals surface area contributed by atoms with Gasteiger partial charge in [0, 0.05) is 6.54 Å². The normalized spacial score (nSPS) is 21.9. The first-order valence-electron chi connectivity index (χ1n) is 8.02. The van der Waals surface area contributed by atoms with Gasteiger partial charge in [0.25, 0.3) is 0 Å². The summed E-state index contributed by atoms with van der Waals surface area (Å²) in [5.41, 5.74) is 0. The molecule has 1 amide bonds. The molecule has 0 heterocycles. The largest absolute Gasteiger partial charge is 0.465 e. The standard InChI is InChI=1S/C14H21F4NO6S/c1-2-19-11(20)9-5-3-4-6-10(9)12(21)25-8-7-13(15,16)14(17,18)26(22,23)24/h9-10H,2-8H2,1H3,(H,19,20)(H,22,23,24). The van der Waals surface area contributed by atoms with Gasteiger partial charge in [-0.05, 0) is 19.8 Å². The van der Waals surface area contributed by atoms with Crippen molar-refractivity contribution >= 4 is 22.0 Å². The SMILES string of the molecule is CCNC(=O)C1CCCCC1C(=O)OCCC(F)(F)C(F)(F)S(=O)(=O)O. The number of amides is 1. The zero-order valence-corrected chi connectivity index (χ0v) is 14.8. The minimum Gasteiger partial charge on any atom is -0.465 e. The molecule has 12 heteroatoms. The lowest BCUT2D eigenvalue weighted by Crippen LogP contribution is -2.47. The van der Waals surface area contributed by atoms with Gasteiger partial charge in [0.05, 0.1) is 24.9 Å². The third kappa shape index (κ3) is 5.06. The molecule has 26 heavy (non-hydrogen) atoms. The molecule has 0 saturated heterocycles. The Morgan fingerprint density at radius 1 is 1.15 bits per heavy atom. The number of ether oxygens (including phenoxy) is 1. The van der Waals surface area contributed by atoms with Crippen LogP contribution >= 0.6 is 0 Å². The number of carbonyl (C=O) groups is 2. The third-order valence-corrected chi connectivity index (χ3v) is 5.11. The fourth-order valence-corrected chi connectivity index (χ4v) is 3.23. The Bertz CT molecular complexity index is 625. The highest BCUT2D eigenvalue weighted by atomic mass is 32.2. The van der Waals surface area contributed by atoms with Gasteiger partial charge in [-0.2, -0.15) is 26.0 Å². The lowest BCUT2D eigenvalue weighted by atomic mass is 9.78. The number of hydrogen-bond acceptors (Lipinski definition) is 5. The molecule has 0 spiro atoms. The van der Waals surface area contributed by atoms with E-state index in [0.29, 0.717) is 25.8 Å². The van der Waals surface area contributed by atoms with Gasteiger partial charge in [-0.15, -0.1) is 0 Å². The smallest absolute Gasteiger partial charge is 0.431 e. The Kier molecular flexibility index (Phi) is 7.40. The van der Waals surface area contributed by atoms with E-state index in [1.165, 1.54) is 0 Å². The van der Waals surface area contributed by atoms with Crippen molar-refractivity contribution in [2.45, 2.75) is 50.2 Å². The summed E-state index contributed by atoms with van der Waals surface area (Å²) in [6.45, 7) is 0.842. The van der Waals surface area contributed by atoms with Crippen LogP contribution < -0.4 is 5.32 Å². The Labute approximate surface area is 148 Å². The van der Waals surface area contributed by atoms with Gasteiger partial charge < -0.3 is 10.1 Å². The second-order valence-corrected chi connectivity index (χ2v) is 7.47. The molecule has 7 nitrogen and oxygen atoms in total. The van der Waals surface area contributed by atoms with Crippen molar-refractivity contribution in [1.82, 2.24) is 5.32 Å². The van der Waals surface area contributed by atoms with E-state index in [4.69, 9.17) is 4.55 Å². The molecule has 1 saturated carbocycles. The summed E-state index contributed by atoms with van der Waals surface area (Å²) < 4.78 is 86.4. The molecule has 2 N–H and O–H groups in total. The second kappa shape index (κ2) is 8.51. The average Bonchev–Trinajstić information content (AvgIpc) is 2.53. The van der Waals surface area contributed by atoms with Crippen LogP contribution in [0.2, 0.25) is 0 Å². The third-order valence-electron chi connectivity index (χ3n) is 4.17. The molecule has 1 aliphatic rings. The van der Waals surface area contributed by atoms with Gasteiger partial charge in [-0.1, -0.05) is 12.8 Å². The van der Waals surface area contributed by atoms with Crippen LogP contribution in [0.1, 0.15) is 39.0 Å². The van der Waals surface area contributed by atoms with Crippen LogP contribution in [-0.2, 0) is 24.4 Å². The Balaban J connectivity index is 2.69. The van der Waals surface area contributed by atoms with E-state index >= 15 is 0 Å². The van der Waals surface area contributed by atoms with E-state index in [9.17, 15) is 35.6 Å². The van der Waals surface area contributed by atoms with Gasteiger partial charge in [0.15, 0.2) is 0 Å². The molecule has 2 unspecified atom stereocenters. The Hall–Kier alpha value is -1.43. The lowest BCUT2D eigenvalue weighted by molar-refractivity contribution is -0.177. The molecule has 0 bridgehead atoms. The first kappa shape index (κ1) is 22.6. The molecule has 0 radical (unpaired) electrons. The first-order valence-corrected chi connectivity index (χ1v) is 9.46. The fraction of sp³-hybridized carbons (Fsp3) is 0.857. The minimum absolute atomic E-state index is 0.290. The van der Waals surface area contributed by atoms with Gasteiger partial charge in [0.2, 0.25) is 5.91 Å². The highest BCUT2D eigenvalue weighted by molar-refractivity contribution is 7.87. The molecule has 0 aliphatic heterocycles. The summed E-state index contributed by atoms with van der Waals surface area (Å²) in [6, 6.07) is 0. The van der Waals surface area contributed by atoms with Crippen LogP contribution in [0.25, 0.3) is 0 Å². The van der Waals surface area contributed by atoms with E-state index in [2.05, 4.69) is 10.1 Å². The number of rotatable bonds is 8. The summed E-state index contributed by atoms with van der Waals surface area (Å²) in [5, 5.41) is -3.15. The molecule has 2 atom stereocenters. The maximum Gasteiger partial charge on any atom is 0.431 e. The molecule has 0 aromatic carbocycles. The predicted molar refractivity (Wildman–Crippen MR) is 81.2 cm³/mol. The Morgan fingerprint density at radius 3 is 2.19 bits per heavy atom. The Morgan fingerprint density at radius 2 is 1.69 bits per heavy atom. The molecule has 1 aliphatic carbocycles. The lowest BCUT2D eigenvalue weighted by Gasteiger charge is -2.29. The number of halogens is 4. The predicted octanol–water partition coefficient (Wildman–Crippen LogP) is 1.98. The molecule has 0 aromatic heterocycles. The average molecular weight is 407 g/mol. The second-order valence-electron chi connectivity index (χ2n) is 6.01. The summed E-state index contributed by atoms with van der Waals surface area (Å²) in [7, 11) is -6.33. The fourth-order valence-electron chi connectivity index (χ4n) is 2.75. The van der Waals surface area contributed by atoms with Gasteiger partial charge in [0.1, 0.15) is 0 Å². The van der Waals surface area contributed by atoms with Crippen LogP contribution in [0.4, 0.5) is 17.6 Å². The number of esters is 1. The van der Waals surface area contributed by atoms with Gasteiger partial charge >= 0.3 is 27.3 Å². The van der Waals surface area contributed by atoms with E-state index in [-0.39, 0.29) is 12.3 Å². The molecular weight excluding hydrogens is 386 g/mol. The van der Waals surface area contributed by atoms with E-state index < -0.39 is 52.1 Å². The number of carbonyl (C=O) groups excluding carboxylic acids is 2. The molecular formula is C14H21F4NO6S. The number of alkyl halides is 4. The molecule has 0 aromatic rings.